The smallest absolute Gasteiger partial charge is 0.338 e. The summed E-state index contributed by atoms with van der Waals surface area (Å²) in [6, 6.07) is 20.4. The van der Waals surface area contributed by atoms with Crippen LogP contribution in [0.25, 0.3) is 0 Å². The molecule has 6 nitrogen and oxygen atoms in total. The summed E-state index contributed by atoms with van der Waals surface area (Å²) in [4.78, 5) is 23.8. The van der Waals surface area contributed by atoms with Gasteiger partial charge in [0.15, 0.2) is 0 Å². The number of carbonyl (C=O) groups is 1. The highest BCUT2D eigenvalue weighted by atomic mass is 16.6. The molecule has 1 aliphatic rings. The number of hydrogen-bond donors (Lipinski definition) is 1. The number of esters is 1. The molecule has 0 amide bonds. The van der Waals surface area contributed by atoms with Crippen molar-refractivity contribution in [3.8, 4) is 0 Å². The molecule has 1 atom stereocenters. The molecule has 0 bridgehead atoms. The van der Waals surface area contributed by atoms with E-state index in [-0.39, 0.29) is 17.9 Å². The third-order valence-electron chi connectivity index (χ3n) is 5.59. The number of ether oxygens (including phenoxy) is 1. The second kappa shape index (κ2) is 7.63. The number of nitro groups is 1. The highest BCUT2D eigenvalue weighted by Gasteiger charge is 2.45. The lowest BCUT2D eigenvalue weighted by atomic mass is 9.77. The molecule has 1 aliphatic heterocycles. The summed E-state index contributed by atoms with van der Waals surface area (Å²) in [6.45, 7) is 3.91. The van der Waals surface area contributed by atoms with Crippen LogP contribution in [-0.4, -0.2) is 17.5 Å². The fourth-order valence-corrected chi connectivity index (χ4v) is 4.26. The van der Waals surface area contributed by atoms with Crippen molar-refractivity contribution in [2.75, 3.05) is 11.9 Å². The zero-order valence-corrected chi connectivity index (χ0v) is 16.8. The van der Waals surface area contributed by atoms with E-state index >= 15 is 0 Å². The number of rotatable bonds is 5. The molecule has 6 heteroatoms. The van der Waals surface area contributed by atoms with Crippen molar-refractivity contribution < 1.29 is 14.5 Å². The summed E-state index contributed by atoms with van der Waals surface area (Å²) >= 11 is 0. The predicted molar refractivity (Wildman–Crippen MR) is 115 cm³/mol. The Morgan fingerprint density at radius 1 is 1.10 bits per heavy atom. The van der Waals surface area contributed by atoms with Crippen molar-refractivity contribution in [3.05, 3.63) is 105 Å². The molecular formula is C24H22N2O4. The summed E-state index contributed by atoms with van der Waals surface area (Å²) in [7, 11) is 0. The minimum absolute atomic E-state index is 0.107. The monoisotopic (exact) mass is 402 g/mol. The van der Waals surface area contributed by atoms with Crippen molar-refractivity contribution >= 4 is 17.3 Å². The van der Waals surface area contributed by atoms with Crippen LogP contribution >= 0.6 is 0 Å². The average Bonchev–Trinajstić information content (AvgIpc) is 3.14. The normalized spacial score (nSPS) is 17.1. The molecule has 0 fully saturated rings. The molecule has 1 unspecified atom stereocenters. The number of anilines is 1. The van der Waals surface area contributed by atoms with E-state index in [0.29, 0.717) is 12.0 Å². The van der Waals surface area contributed by atoms with Crippen LogP contribution in [0.1, 0.15) is 39.5 Å². The van der Waals surface area contributed by atoms with Crippen LogP contribution < -0.4 is 5.32 Å². The first-order chi connectivity index (χ1) is 14.5. The number of nitrogens with zero attached hydrogens (tertiary/aromatic N) is 1. The minimum atomic E-state index is -0.815. The Bertz CT molecular complexity index is 1110. The molecule has 0 radical (unpaired) electrons. The maximum absolute atomic E-state index is 12.2. The molecular weight excluding hydrogens is 380 g/mol. The maximum Gasteiger partial charge on any atom is 0.338 e. The third kappa shape index (κ3) is 3.20. The van der Waals surface area contributed by atoms with Gasteiger partial charge in [-0.25, -0.2) is 4.79 Å². The first-order valence-electron chi connectivity index (χ1n) is 9.84. The Morgan fingerprint density at radius 2 is 1.83 bits per heavy atom. The number of nitrogens with one attached hydrogen (secondary N) is 1. The van der Waals surface area contributed by atoms with Gasteiger partial charge in [0.05, 0.1) is 28.2 Å². The van der Waals surface area contributed by atoms with Gasteiger partial charge < -0.3 is 10.1 Å². The summed E-state index contributed by atoms with van der Waals surface area (Å²) in [5, 5.41) is 15.6. The van der Waals surface area contributed by atoms with Gasteiger partial charge in [-0.15, -0.1) is 0 Å². The van der Waals surface area contributed by atoms with Gasteiger partial charge >= 0.3 is 5.97 Å². The number of aryl methyl sites for hydroxylation is 1. The number of benzene rings is 3. The fraction of sp³-hybridized carbons (Fsp3) is 0.208. The number of para-hydroxylation sites is 1. The van der Waals surface area contributed by atoms with E-state index in [2.05, 4.69) is 5.32 Å². The van der Waals surface area contributed by atoms with Crippen LogP contribution in [0.3, 0.4) is 0 Å². The van der Waals surface area contributed by atoms with E-state index in [9.17, 15) is 14.9 Å². The lowest BCUT2D eigenvalue weighted by Gasteiger charge is -2.32. The van der Waals surface area contributed by atoms with Crippen molar-refractivity contribution in [1.82, 2.24) is 0 Å². The van der Waals surface area contributed by atoms with Gasteiger partial charge in [0.1, 0.15) is 0 Å². The summed E-state index contributed by atoms with van der Waals surface area (Å²) < 4.78 is 5.03. The second-order valence-corrected chi connectivity index (χ2v) is 7.39. The van der Waals surface area contributed by atoms with Crippen molar-refractivity contribution in [2.24, 2.45) is 0 Å². The molecule has 3 aromatic rings. The van der Waals surface area contributed by atoms with E-state index in [1.807, 2.05) is 55.5 Å². The van der Waals surface area contributed by atoms with E-state index < -0.39 is 16.4 Å². The summed E-state index contributed by atoms with van der Waals surface area (Å²) in [5.41, 5.74) is 3.80. The molecule has 4 rings (SSSR count). The molecule has 0 spiro atoms. The highest BCUT2D eigenvalue weighted by Crippen LogP contribution is 2.47. The number of nitro benzene ring substituents is 1. The minimum Gasteiger partial charge on any atom is -0.462 e. The van der Waals surface area contributed by atoms with Gasteiger partial charge in [-0.05, 0) is 48.7 Å². The van der Waals surface area contributed by atoms with Crippen LogP contribution in [-0.2, 0) is 16.7 Å². The molecule has 3 aromatic carbocycles. The zero-order chi connectivity index (χ0) is 21.3. The summed E-state index contributed by atoms with van der Waals surface area (Å²) in [5.74, 6) is -0.570. The van der Waals surface area contributed by atoms with Crippen LogP contribution in [0, 0.1) is 17.0 Å². The van der Waals surface area contributed by atoms with E-state index in [1.54, 1.807) is 19.1 Å². The lowest BCUT2D eigenvalue weighted by molar-refractivity contribution is -0.386. The Kier molecular flexibility index (Phi) is 4.99. The lowest BCUT2D eigenvalue weighted by Crippen LogP contribution is -2.36. The first-order valence-corrected chi connectivity index (χ1v) is 9.84. The number of fused-ring (bicyclic) bond motifs is 1. The van der Waals surface area contributed by atoms with Crippen molar-refractivity contribution in [1.29, 1.82) is 0 Å². The Hall–Kier alpha value is -3.67. The van der Waals surface area contributed by atoms with Gasteiger partial charge in [-0.2, -0.15) is 0 Å². The fourth-order valence-electron chi connectivity index (χ4n) is 4.26. The topological polar surface area (TPSA) is 81.5 Å². The van der Waals surface area contributed by atoms with Crippen molar-refractivity contribution in [3.63, 3.8) is 0 Å². The third-order valence-corrected chi connectivity index (χ3v) is 5.59. The number of carbonyl (C=O) groups excluding carboxylic acids is 1. The molecule has 0 aromatic heterocycles. The van der Waals surface area contributed by atoms with Gasteiger partial charge in [-0.1, -0.05) is 42.5 Å². The Morgan fingerprint density at radius 3 is 2.53 bits per heavy atom. The Labute approximate surface area is 174 Å². The number of hydrogen-bond acceptors (Lipinski definition) is 5. The molecule has 0 aliphatic carbocycles. The van der Waals surface area contributed by atoms with Gasteiger partial charge in [0.2, 0.25) is 0 Å². The SMILES string of the molecule is CCOC(=O)c1ccc(C2(c3ccccc3C)Cc3ccccc3N2)c([N+](=O)[O-])c1. The highest BCUT2D eigenvalue weighted by molar-refractivity contribution is 5.90. The predicted octanol–water partition coefficient (Wildman–Crippen LogP) is 4.99. The van der Waals surface area contributed by atoms with E-state index in [1.165, 1.54) is 6.07 Å². The van der Waals surface area contributed by atoms with Gasteiger partial charge in [0, 0.05) is 18.2 Å². The largest absolute Gasteiger partial charge is 0.462 e. The van der Waals surface area contributed by atoms with Crippen LogP contribution in [0.15, 0.2) is 66.7 Å². The molecule has 152 valence electrons. The maximum atomic E-state index is 12.2. The molecule has 1 heterocycles. The Balaban J connectivity index is 1.94. The molecule has 0 saturated heterocycles. The van der Waals surface area contributed by atoms with E-state index in [0.717, 1.165) is 22.4 Å². The summed E-state index contributed by atoms with van der Waals surface area (Å²) in [6.07, 6.45) is 0.563. The molecule has 1 N–H and O–H groups in total. The average molecular weight is 402 g/mol. The molecule has 30 heavy (non-hydrogen) atoms. The van der Waals surface area contributed by atoms with Crippen LogP contribution in [0.2, 0.25) is 0 Å². The second-order valence-electron chi connectivity index (χ2n) is 7.39. The molecule has 0 saturated carbocycles. The zero-order valence-electron chi connectivity index (χ0n) is 16.8. The van der Waals surface area contributed by atoms with Gasteiger partial charge in [0.25, 0.3) is 5.69 Å². The van der Waals surface area contributed by atoms with Crippen LogP contribution in [0.5, 0.6) is 0 Å². The van der Waals surface area contributed by atoms with E-state index in [4.69, 9.17) is 4.74 Å². The van der Waals surface area contributed by atoms with Crippen molar-refractivity contribution in [2.45, 2.75) is 25.8 Å². The first kappa shape index (κ1) is 19.6. The van der Waals surface area contributed by atoms with Crippen LogP contribution in [0.4, 0.5) is 11.4 Å². The quantitative estimate of drug-likeness (QED) is 0.369. The standard InChI is InChI=1S/C24H22N2O4/c1-3-30-23(27)17-12-13-20(22(14-17)26(28)29)24(19-10-6-4-8-16(19)2)15-18-9-5-7-11-21(18)25-24/h4-14,25H,3,15H2,1-2H3. The van der Waals surface area contributed by atoms with Gasteiger partial charge in [-0.3, -0.25) is 10.1 Å².